The summed E-state index contributed by atoms with van der Waals surface area (Å²) in [5, 5.41) is 5.53. The van der Waals surface area contributed by atoms with E-state index in [4.69, 9.17) is 9.47 Å². The molecule has 6 nitrogen and oxygen atoms in total. The first-order valence-corrected chi connectivity index (χ1v) is 8.98. The highest BCUT2D eigenvalue weighted by Crippen LogP contribution is 2.32. The summed E-state index contributed by atoms with van der Waals surface area (Å²) < 4.78 is 11.2. The Morgan fingerprint density at radius 1 is 1.26 bits per heavy atom. The molecule has 27 heavy (non-hydrogen) atoms. The van der Waals surface area contributed by atoms with E-state index in [0.717, 1.165) is 11.1 Å². The number of rotatable bonds is 5. The Hall–Kier alpha value is -3.02. The Balaban J connectivity index is 1.63. The minimum atomic E-state index is -0.531. The van der Waals surface area contributed by atoms with E-state index >= 15 is 0 Å². The predicted molar refractivity (Wildman–Crippen MR) is 105 cm³/mol. The molecular formula is C21H24N2O4. The summed E-state index contributed by atoms with van der Waals surface area (Å²) in [7, 11) is 0. The Morgan fingerprint density at radius 3 is 2.78 bits per heavy atom. The van der Waals surface area contributed by atoms with E-state index < -0.39 is 6.10 Å². The van der Waals surface area contributed by atoms with Crippen LogP contribution in [0.3, 0.4) is 0 Å². The summed E-state index contributed by atoms with van der Waals surface area (Å²) in [6, 6.07) is 11.2. The third-order valence-corrected chi connectivity index (χ3v) is 4.43. The maximum Gasteiger partial charge on any atom is 0.265 e. The van der Waals surface area contributed by atoms with E-state index in [2.05, 4.69) is 30.5 Å². The van der Waals surface area contributed by atoms with Crippen molar-refractivity contribution in [1.29, 1.82) is 0 Å². The van der Waals surface area contributed by atoms with Gasteiger partial charge in [0.25, 0.3) is 11.8 Å². The molecule has 2 aromatic rings. The van der Waals surface area contributed by atoms with Crippen molar-refractivity contribution in [3.8, 4) is 11.5 Å². The molecule has 0 spiro atoms. The van der Waals surface area contributed by atoms with E-state index in [1.807, 2.05) is 19.1 Å². The fraction of sp³-hybridized carbons (Fsp3) is 0.333. The number of aryl methyl sites for hydroxylation is 1. The van der Waals surface area contributed by atoms with Gasteiger partial charge in [-0.15, -0.1) is 0 Å². The predicted octanol–water partition coefficient (Wildman–Crippen LogP) is 3.86. The Bertz CT molecular complexity index is 876. The van der Waals surface area contributed by atoms with Crippen molar-refractivity contribution in [2.75, 3.05) is 17.2 Å². The maximum absolute atomic E-state index is 12.2. The molecule has 0 fully saturated rings. The smallest absolute Gasteiger partial charge is 0.265 e. The lowest BCUT2D eigenvalue weighted by molar-refractivity contribution is -0.122. The second kappa shape index (κ2) is 7.70. The molecule has 0 saturated heterocycles. The number of carbonyl (C=O) groups excluding carboxylic acids is 2. The second-order valence-electron chi connectivity index (χ2n) is 6.98. The second-order valence-corrected chi connectivity index (χ2v) is 6.98. The lowest BCUT2D eigenvalue weighted by atomic mass is 10.0. The minimum Gasteiger partial charge on any atom is -0.483 e. The highest BCUT2D eigenvalue weighted by atomic mass is 16.5. The van der Waals surface area contributed by atoms with Crippen molar-refractivity contribution in [2.24, 2.45) is 0 Å². The van der Waals surface area contributed by atoms with Crippen LogP contribution in [-0.4, -0.2) is 24.5 Å². The molecule has 2 amide bonds. The van der Waals surface area contributed by atoms with Gasteiger partial charge in [0, 0.05) is 5.69 Å². The molecule has 1 unspecified atom stereocenters. The molecule has 0 aliphatic carbocycles. The van der Waals surface area contributed by atoms with Crippen LogP contribution in [0.5, 0.6) is 11.5 Å². The van der Waals surface area contributed by atoms with Crippen molar-refractivity contribution < 1.29 is 19.1 Å². The quantitative estimate of drug-likeness (QED) is 0.840. The van der Waals surface area contributed by atoms with Crippen LogP contribution in [0.4, 0.5) is 11.4 Å². The molecule has 3 rings (SSSR count). The van der Waals surface area contributed by atoms with Gasteiger partial charge in [-0.2, -0.15) is 0 Å². The summed E-state index contributed by atoms with van der Waals surface area (Å²) in [5.41, 5.74) is 3.25. The van der Waals surface area contributed by atoms with Gasteiger partial charge in [0.15, 0.2) is 12.7 Å². The lowest BCUT2D eigenvalue weighted by Crippen LogP contribution is -2.34. The molecule has 0 bridgehead atoms. The lowest BCUT2D eigenvalue weighted by Gasteiger charge is -2.23. The van der Waals surface area contributed by atoms with Crippen LogP contribution < -0.4 is 20.1 Å². The minimum absolute atomic E-state index is 0.0979. The van der Waals surface area contributed by atoms with Crippen LogP contribution >= 0.6 is 0 Å². The van der Waals surface area contributed by atoms with Gasteiger partial charge in [-0.25, -0.2) is 0 Å². The van der Waals surface area contributed by atoms with E-state index in [9.17, 15) is 9.59 Å². The molecule has 0 saturated carbocycles. The Labute approximate surface area is 158 Å². The molecule has 2 N–H and O–H groups in total. The summed E-state index contributed by atoms with van der Waals surface area (Å²) in [4.78, 5) is 24.0. The molecule has 6 heteroatoms. The van der Waals surface area contributed by atoms with Gasteiger partial charge >= 0.3 is 0 Å². The van der Waals surface area contributed by atoms with Crippen molar-refractivity contribution in [1.82, 2.24) is 0 Å². The number of fused-ring (bicyclic) bond motifs is 1. The molecule has 1 aliphatic heterocycles. The van der Waals surface area contributed by atoms with Gasteiger partial charge in [0.05, 0.1) is 5.69 Å². The zero-order chi connectivity index (χ0) is 19.6. The van der Waals surface area contributed by atoms with Gasteiger partial charge in [0.1, 0.15) is 11.5 Å². The third-order valence-electron chi connectivity index (χ3n) is 4.43. The number of nitrogens with one attached hydrogen (secondary N) is 2. The highest BCUT2D eigenvalue weighted by molar-refractivity contribution is 5.99. The number of hydrogen-bond donors (Lipinski definition) is 2. The van der Waals surface area contributed by atoms with E-state index in [-0.39, 0.29) is 18.4 Å². The molecular weight excluding hydrogens is 344 g/mol. The van der Waals surface area contributed by atoms with Crippen molar-refractivity contribution in [3.63, 3.8) is 0 Å². The summed E-state index contributed by atoms with van der Waals surface area (Å²) in [6.45, 7) is 7.76. The molecule has 1 atom stereocenters. The number of amides is 2. The number of benzene rings is 2. The fourth-order valence-electron chi connectivity index (χ4n) is 2.76. The fourth-order valence-corrected chi connectivity index (χ4v) is 2.76. The summed E-state index contributed by atoms with van der Waals surface area (Å²) >= 11 is 0. The van der Waals surface area contributed by atoms with Crippen LogP contribution in [-0.2, 0) is 9.59 Å². The molecule has 142 valence electrons. The van der Waals surface area contributed by atoms with Gasteiger partial charge in [-0.1, -0.05) is 26.0 Å². The first kappa shape index (κ1) is 18.8. The zero-order valence-corrected chi connectivity index (χ0v) is 16.0. The topological polar surface area (TPSA) is 76.7 Å². The van der Waals surface area contributed by atoms with Gasteiger partial charge in [0.2, 0.25) is 0 Å². The summed E-state index contributed by atoms with van der Waals surface area (Å²) in [5.74, 6) is 1.18. The number of anilines is 2. The van der Waals surface area contributed by atoms with Crippen LogP contribution in [0, 0.1) is 6.92 Å². The molecule has 2 aromatic carbocycles. The number of carbonyl (C=O) groups is 2. The molecule has 0 aromatic heterocycles. The number of hydrogen-bond acceptors (Lipinski definition) is 4. The Morgan fingerprint density at radius 2 is 2.04 bits per heavy atom. The first-order chi connectivity index (χ1) is 12.8. The first-order valence-electron chi connectivity index (χ1n) is 8.98. The highest BCUT2D eigenvalue weighted by Gasteiger charge is 2.23. The average Bonchev–Trinajstić information content (AvgIpc) is 2.62. The zero-order valence-electron chi connectivity index (χ0n) is 16.0. The largest absolute Gasteiger partial charge is 0.483 e. The van der Waals surface area contributed by atoms with Gasteiger partial charge in [-0.3, -0.25) is 9.59 Å². The van der Waals surface area contributed by atoms with Crippen LogP contribution in [0.1, 0.15) is 37.8 Å². The number of ether oxygens (including phenoxy) is 2. The van der Waals surface area contributed by atoms with E-state index in [1.165, 1.54) is 0 Å². The van der Waals surface area contributed by atoms with Gasteiger partial charge < -0.3 is 20.1 Å². The van der Waals surface area contributed by atoms with Crippen molar-refractivity contribution in [2.45, 2.75) is 39.7 Å². The SMILES string of the molecule is Cc1ccc(C(C)C)cc1OCC(=O)Nc1ccc2c(c1)NC(=O)C(C)O2. The monoisotopic (exact) mass is 368 g/mol. The van der Waals surface area contributed by atoms with Crippen molar-refractivity contribution >= 4 is 23.2 Å². The third kappa shape index (κ3) is 4.39. The van der Waals surface area contributed by atoms with Gasteiger partial charge in [-0.05, 0) is 55.2 Å². The van der Waals surface area contributed by atoms with Crippen LogP contribution in [0.25, 0.3) is 0 Å². The molecule has 0 radical (unpaired) electrons. The standard InChI is InChI=1S/C21H24N2O4/c1-12(2)15-6-5-13(3)19(9-15)26-11-20(24)22-16-7-8-18-17(10-16)23-21(25)14(4)27-18/h5-10,12,14H,11H2,1-4H3,(H,22,24)(H,23,25). The molecule has 1 aliphatic rings. The van der Waals surface area contributed by atoms with E-state index in [1.54, 1.807) is 25.1 Å². The van der Waals surface area contributed by atoms with Crippen LogP contribution in [0.15, 0.2) is 36.4 Å². The molecule has 1 heterocycles. The van der Waals surface area contributed by atoms with Crippen LogP contribution in [0.2, 0.25) is 0 Å². The van der Waals surface area contributed by atoms with Crippen molar-refractivity contribution in [3.05, 3.63) is 47.5 Å². The Kier molecular flexibility index (Phi) is 5.35. The average molecular weight is 368 g/mol. The van der Waals surface area contributed by atoms with E-state index in [0.29, 0.717) is 28.8 Å². The maximum atomic E-state index is 12.2. The normalized spacial score (nSPS) is 15.6. The summed E-state index contributed by atoms with van der Waals surface area (Å²) in [6.07, 6.45) is -0.531.